The van der Waals surface area contributed by atoms with Crippen molar-refractivity contribution in [3.8, 4) is 0 Å². The lowest BCUT2D eigenvalue weighted by atomic mass is 9.89. The number of H-pyrrole nitrogens is 1. The maximum atomic E-state index is 12.4. The number of aromatic nitrogens is 2. The molecule has 1 aliphatic rings. The van der Waals surface area contributed by atoms with Crippen LogP contribution in [0.4, 0.5) is 5.82 Å². The summed E-state index contributed by atoms with van der Waals surface area (Å²) >= 11 is 13.5. The molecule has 1 aliphatic heterocycles. The molecular formula is C17H19Cl2N3O2S. The minimum Gasteiger partial charge on any atom is -0.390 e. The highest BCUT2D eigenvalue weighted by Gasteiger charge is 2.31. The van der Waals surface area contributed by atoms with Gasteiger partial charge < -0.3 is 15.0 Å². The van der Waals surface area contributed by atoms with Gasteiger partial charge in [-0.25, -0.2) is 4.98 Å². The fourth-order valence-electron chi connectivity index (χ4n) is 2.83. The molecule has 1 fully saturated rings. The van der Waals surface area contributed by atoms with Crippen LogP contribution in [0.25, 0.3) is 0 Å². The van der Waals surface area contributed by atoms with Crippen LogP contribution in [0.15, 0.2) is 39.1 Å². The first-order chi connectivity index (χ1) is 11.9. The molecule has 134 valence electrons. The van der Waals surface area contributed by atoms with Crippen molar-refractivity contribution in [3.63, 3.8) is 0 Å². The van der Waals surface area contributed by atoms with Crippen LogP contribution in [0.1, 0.15) is 26.2 Å². The van der Waals surface area contributed by atoms with Crippen molar-refractivity contribution in [1.82, 2.24) is 9.97 Å². The summed E-state index contributed by atoms with van der Waals surface area (Å²) in [5.74, 6) is 0.389. The van der Waals surface area contributed by atoms with E-state index in [9.17, 15) is 9.90 Å². The van der Waals surface area contributed by atoms with Crippen molar-refractivity contribution >= 4 is 40.8 Å². The summed E-state index contributed by atoms with van der Waals surface area (Å²) in [6.07, 6.45) is 3.62. The molecule has 2 N–H and O–H groups in total. The number of aliphatic hydroxyl groups is 1. The molecule has 0 saturated carbocycles. The first-order valence-electron chi connectivity index (χ1n) is 8.10. The lowest BCUT2D eigenvalue weighted by molar-refractivity contribution is 0.0124. The quantitative estimate of drug-likeness (QED) is 0.813. The van der Waals surface area contributed by atoms with Crippen LogP contribution < -0.4 is 10.5 Å². The Morgan fingerprint density at radius 2 is 2.08 bits per heavy atom. The van der Waals surface area contributed by atoms with E-state index in [1.165, 1.54) is 11.8 Å². The van der Waals surface area contributed by atoms with E-state index >= 15 is 0 Å². The van der Waals surface area contributed by atoms with Crippen molar-refractivity contribution in [1.29, 1.82) is 0 Å². The summed E-state index contributed by atoms with van der Waals surface area (Å²) < 4.78 is 0. The molecule has 2 heterocycles. The zero-order valence-electron chi connectivity index (χ0n) is 13.8. The van der Waals surface area contributed by atoms with E-state index < -0.39 is 5.60 Å². The number of anilines is 1. The molecular weight excluding hydrogens is 381 g/mol. The van der Waals surface area contributed by atoms with E-state index in [1.54, 1.807) is 18.3 Å². The molecule has 0 bridgehead atoms. The Morgan fingerprint density at radius 3 is 2.72 bits per heavy atom. The third-order valence-corrected chi connectivity index (χ3v) is 6.45. The summed E-state index contributed by atoms with van der Waals surface area (Å²) in [4.78, 5) is 22.3. The van der Waals surface area contributed by atoms with Crippen LogP contribution in [0.5, 0.6) is 0 Å². The molecule has 0 amide bonds. The topological polar surface area (TPSA) is 69.2 Å². The van der Waals surface area contributed by atoms with E-state index in [0.717, 1.165) is 11.3 Å². The number of hydrogen-bond donors (Lipinski definition) is 2. The Labute approximate surface area is 160 Å². The number of rotatable bonds is 4. The molecule has 25 heavy (non-hydrogen) atoms. The fourth-order valence-corrected chi connectivity index (χ4v) is 4.13. The van der Waals surface area contributed by atoms with Gasteiger partial charge in [-0.05, 0) is 31.4 Å². The molecule has 0 aliphatic carbocycles. The van der Waals surface area contributed by atoms with Gasteiger partial charge in [0.05, 0.1) is 26.9 Å². The van der Waals surface area contributed by atoms with E-state index in [-0.39, 0.29) is 5.56 Å². The fraction of sp³-hybridized carbons (Fsp3) is 0.412. The number of nitrogens with zero attached hydrogens (tertiary/aromatic N) is 2. The van der Waals surface area contributed by atoms with Gasteiger partial charge in [0.15, 0.2) is 5.82 Å². The highest BCUT2D eigenvalue weighted by molar-refractivity contribution is 7.99. The first-order valence-corrected chi connectivity index (χ1v) is 9.67. The molecule has 3 rings (SSSR count). The lowest BCUT2D eigenvalue weighted by Gasteiger charge is -2.37. The Bertz CT molecular complexity index is 820. The van der Waals surface area contributed by atoms with Gasteiger partial charge in [-0.15, -0.1) is 0 Å². The van der Waals surface area contributed by atoms with Crippen molar-refractivity contribution < 1.29 is 5.11 Å². The van der Waals surface area contributed by atoms with Crippen LogP contribution in [0.3, 0.4) is 0 Å². The average molecular weight is 400 g/mol. The molecule has 1 saturated heterocycles. The molecule has 1 aromatic carbocycles. The van der Waals surface area contributed by atoms with Gasteiger partial charge >= 0.3 is 0 Å². The normalized spacial score (nSPS) is 16.9. The molecule has 2 aromatic rings. The molecule has 1 aromatic heterocycles. The molecule has 0 unspecified atom stereocenters. The van der Waals surface area contributed by atoms with Gasteiger partial charge in [-0.2, -0.15) is 0 Å². The molecule has 8 heteroatoms. The van der Waals surface area contributed by atoms with Gasteiger partial charge in [-0.1, -0.05) is 48.0 Å². The zero-order valence-corrected chi connectivity index (χ0v) is 16.1. The lowest BCUT2D eigenvalue weighted by Crippen LogP contribution is -2.45. The third-order valence-electron chi connectivity index (χ3n) is 4.53. The predicted molar refractivity (Wildman–Crippen MR) is 102 cm³/mol. The van der Waals surface area contributed by atoms with Crippen LogP contribution >= 0.6 is 35.0 Å². The molecule has 0 atom stereocenters. The largest absolute Gasteiger partial charge is 0.390 e. The van der Waals surface area contributed by atoms with Gasteiger partial charge in [0.1, 0.15) is 0 Å². The maximum absolute atomic E-state index is 12.4. The predicted octanol–water partition coefficient (Wildman–Crippen LogP) is 3.97. The molecule has 0 radical (unpaired) electrons. The Balaban J connectivity index is 1.76. The standard InChI is InChI=1S/C17H19Cl2N3O2S/c1-2-17(24)6-8-22(9-7-17)15-16(23)21-13(10-20-15)25-12-5-3-4-11(18)14(12)19/h3-5,10,24H,2,6-9H2,1H3,(H,21,23). The summed E-state index contributed by atoms with van der Waals surface area (Å²) in [6, 6.07) is 5.35. The smallest absolute Gasteiger partial charge is 0.291 e. The van der Waals surface area contributed by atoms with Gasteiger partial charge in [-0.3, -0.25) is 4.79 Å². The summed E-state index contributed by atoms with van der Waals surface area (Å²) in [7, 11) is 0. The minimum atomic E-state index is -0.623. The monoisotopic (exact) mass is 399 g/mol. The molecule has 5 nitrogen and oxygen atoms in total. The van der Waals surface area contributed by atoms with E-state index in [1.807, 2.05) is 17.9 Å². The average Bonchev–Trinajstić information content (AvgIpc) is 2.60. The second-order valence-corrected chi connectivity index (χ2v) is 7.99. The third kappa shape index (κ3) is 4.14. The maximum Gasteiger partial charge on any atom is 0.291 e. The van der Waals surface area contributed by atoms with Crippen molar-refractivity contribution in [2.45, 2.75) is 41.7 Å². The summed E-state index contributed by atoms with van der Waals surface area (Å²) in [5, 5.41) is 11.8. The van der Waals surface area contributed by atoms with E-state index in [2.05, 4.69) is 9.97 Å². The van der Waals surface area contributed by atoms with Crippen molar-refractivity contribution in [3.05, 3.63) is 44.8 Å². The van der Waals surface area contributed by atoms with Gasteiger partial charge in [0, 0.05) is 18.0 Å². The van der Waals surface area contributed by atoms with Gasteiger partial charge in [0.2, 0.25) is 0 Å². The Hall–Kier alpha value is -1.21. The number of piperidine rings is 1. The van der Waals surface area contributed by atoms with Gasteiger partial charge in [0.25, 0.3) is 5.56 Å². The molecule has 0 spiro atoms. The van der Waals surface area contributed by atoms with Crippen molar-refractivity contribution in [2.24, 2.45) is 0 Å². The number of benzene rings is 1. The first kappa shape index (κ1) is 18.6. The van der Waals surface area contributed by atoms with Crippen LogP contribution in [0, 0.1) is 0 Å². The second-order valence-electron chi connectivity index (χ2n) is 6.12. The SMILES string of the molecule is CCC1(O)CCN(c2ncc(Sc3cccc(Cl)c3Cl)[nH]c2=O)CC1. The van der Waals surface area contributed by atoms with E-state index in [0.29, 0.717) is 46.8 Å². The number of nitrogens with one attached hydrogen (secondary N) is 1. The van der Waals surface area contributed by atoms with Crippen molar-refractivity contribution in [2.75, 3.05) is 18.0 Å². The Morgan fingerprint density at radius 1 is 1.36 bits per heavy atom. The summed E-state index contributed by atoms with van der Waals surface area (Å²) in [5.41, 5.74) is -0.868. The minimum absolute atomic E-state index is 0.245. The van der Waals surface area contributed by atoms with Crippen LogP contribution in [-0.4, -0.2) is 33.8 Å². The highest BCUT2D eigenvalue weighted by atomic mass is 35.5. The second kappa shape index (κ2) is 7.58. The number of aromatic amines is 1. The summed E-state index contributed by atoms with van der Waals surface area (Å²) in [6.45, 7) is 3.22. The number of halogens is 2. The zero-order chi connectivity index (χ0) is 18.0. The van der Waals surface area contributed by atoms with Crippen LogP contribution in [0.2, 0.25) is 10.0 Å². The highest BCUT2D eigenvalue weighted by Crippen LogP contribution is 2.36. The number of hydrogen-bond acceptors (Lipinski definition) is 5. The Kier molecular flexibility index (Phi) is 5.63. The van der Waals surface area contributed by atoms with E-state index in [4.69, 9.17) is 23.2 Å². The van der Waals surface area contributed by atoms with Crippen LogP contribution in [-0.2, 0) is 0 Å².